The third-order valence-corrected chi connectivity index (χ3v) is 5.20. The van der Waals surface area contributed by atoms with Crippen molar-refractivity contribution in [3.05, 3.63) is 71.6 Å². The van der Waals surface area contributed by atoms with Gasteiger partial charge < -0.3 is 10.1 Å². The van der Waals surface area contributed by atoms with Gasteiger partial charge in [-0.05, 0) is 30.7 Å². The van der Waals surface area contributed by atoms with Crippen molar-refractivity contribution in [2.75, 3.05) is 18.5 Å². The largest absolute Gasteiger partial charge is 0.381 e. The molecule has 0 bridgehead atoms. The van der Waals surface area contributed by atoms with Gasteiger partial charge >= 0.3 is 0 Å². The molecule has 0 aliphatic carbocycles. The molecule has 1 aliphatic heterocycles. The standard InChI is InChI=1S/C23H22F2N4O2/c1-13(2)22-27-10-15(11-28-22)23(30)29-21-17(18-9-16(24)3-4-19(18)25)5-7-26-20(21)14-6-8-31-12-14/h3-5,7,9-11,13-14H,6,8,12H2,1-2H3,(H,29,30). The van der Waals surface area contributed by atoms with Gasteiger partial charge in [-0.2, -0.15) is 0 Å². The number of nitrogens with zero attached hydrogens (tertiary/aromatic N) is 3. The SMILES string of the molecule is CC(C)c1ncc(C(=O)Nc2c(-c3cc(F)ccc3F)ccnc2C2CCOC2)cn1. The van der Waals surface area contributed by atoms with Crippen LogP contribution in [0.5, 0.6) is 0 Å². The van der Waals surface area contributed by atoms with Crippen LogP contribution in [0, 0.1) is 11.6 Å². The van der Waals surface area contributed by atoms with Gasteiger partial charge in [-0.1, -0.05) is 13.8 Å². The molecule has 4 rings (SSSR count). The smallest absolute Gasteiger partial charge is 0.258 e. The van der Waals surface area contributed by atoms with E-state index in [2.05, 4.69) is 20.3 Å². The highest BCUT2D eigenvalue weighted by molar-refractivity contribution is 6.06. The fourth-order valence-corrected chi connectivity index (χ4v) is 3.54. The zero-order valence-electron chi connectivity index (χ0n) is 17.2. The van der Waals surface area contributed by atoms with Crippen molar-refractivity contribution in [3.63, 3.8) is 0 Å². The zero-order chi connectivity index (χ0) is 22.0. The molecule has 0 saturated carbocycles. The molecule has 1 amide bonds. The fourth-order valence-electron chi connectivity index (χ4n) is 3.54. The van der Waals surface area contributed by atoms with E-state index in [9.17, 15) is 13.6 Å². The van der Waals surface area contributed by atoms with Crippen LogP contribution < -0.4 is 5.32 Å². The highest BCUT2D eigenvalue weighted by Crippen LogP contribution is 2.37. The summed E-state index contributed by atoms with van der Waals surface area (Å²) in [5.74, 6) is -0.931. The van der Waals surface area contributed by atoms with Crippen molar-refractivity contribution in [1.82, 2.24) is 15.0 Å². The zero-order valence-corrected chi connectivity index (χ0v) is 17.2. The second-order valence-corrected chi connectivity index (χ2v) is 7.74. The maximum absolute atomic E-state index is 14.6. The minimum Gasteiger partial charge on any atom is -0.381 e. The Balaban J connectivity index is 1.76. The molecule has 8 heteroatoms. The Labute approximate surface area is 178 Å². The summed E-state index contributed by atoms with van der Waals surface area (Å²) in [7, 11) is 0. The quantitative estimate of drug-likeness (QED) is 0.643. The maximum atomic E-state index is 14.6. The van der Waals surface area contributed by atoms with Gasteiger partial charge in [0.25, 0.3) is 5.91 Å². The van der Waals surface area contributed by atoms with Crippen LogP contribution in [0.2, 0.25) is 0 Å². The van der Waals surface area contributed by atoms with Crippen molar-refractivity contribution in [1.29, 1.82) is 0 Å². The van der Waals surface area contributed by atoms with E-state index in [4.69, 9.17) is 4.74 Å². The topological polar surface area (TPSA) is 77.0 Å². The predicted molar refractivity (Wildman–Crippen MR) is 112 cm³/mol. The average molecular weight is 424 g/mol. The Morgan fingerprint density at radius 2 is 1.90 bits per heavy atom. The van der Waals surface area contributed by atoms with Gasteiger partial charge in [-0.25, -0.2) is 18.7 Å². The van der Waals surface area contributed by atoms with Crippen LogP contribution in [0.4, 0.5) is 14.5 Å². The fraction of sp³-hybridized carbons (Fsp3) is 0.304. The molecule has 1 N–H and O–H groups in total. The minimum atomic E-state index is -0.596. The first kappa shape index (κ1) is 21.0. The summed E-state index contributed by atoms with van der Waals surface area (Å²) in [6.07, 6.45) is 5.16. The molecular formula is C23H22F2N4O2. The molecule has 2 aromatic heterocycles. The summed E-state index contributed by atoms with van der Waals surface area (Å²) in [5.41, 5.74) is 1.56. The minimum absolute atomic E-state index is 0.0456. The van der Waals surface area contributed by atoms with Crippen molar-refractivity contribution < 1.29 is 18.3 Å². The lowest BCUT2D eigenvalue weighted by Gasteiger charge is -2.18. The van der Waals surface area contributed by atoms with Gasteiger partial charge in [0.1, 0.15) is 17.5 Å². The summed E-state index contributed by atoms with van der Waals surface area (Å²) in [4.78, 5) is 25.9. The summed E-state index contributed by atoms with van der Waals surface area (Å²) in [6, 6.07) is 4.78. The van der Waals surface area contributed by atoms with E-state index in [0.717, 1.165) is 24.6 Å². The Morgan fingerprint density at radius 3 is 2.58 bits per heavy atom. The first-order valence-electron chi connectivity index (χ1n) is 10.1. The lowest BCUT2D eigenvalue weighted by atomic mass is 9.96. The molecule has 31 heavy (non-hydrogen) atoms. The van der Waals surface area contributed by atoms with E-state index in [-0.39, 0.29) is 23.0 Å². The average Bonchev–Trinajstić information content (AvgIpc) is 3.30. The highest BCUT2D eigenvalue weighted by atomic mass is 19.1. The van der Waals surface area contributed by atoms with Gasteiger partial charge in [0.05, 0.1) is 23.6 Å². The number of amides is 1. The van der Waals surface area contributed by atoms with Gasteiger partial charge in [-0.3, -0.25) is 9.78 Å². The van der Waals surface area contributed by atoms with Crippen LogP contribution in [0.3, 0.4) is 0 Å². The van der Waals surface area contributed by atoms with Crippen LogP contribution >= 0.6 is 0 Å². The molecule has 1 unspecified atom stereocenters. The van der Waals surface area contributed by atoms with E-state index in [1.54, 1.807) is 6.07 Å². The normalized spacial score (nSPS) is 16.0. The van der Waals surface area contributed by atoms with Gasteiger partial charge in [0, 0.05) is 48.2 Å². The molecular weight excluding hydrogens is 402 g/mol. The van der Waals surface area contributed by atoms with Crippen LogP contribution in [-0.4, -0.2) is 34.1 Å². The predicted octanol–water partition coefficient (Wildman–Crippen LogP) is 4.70. The van der Waals surface area contributed by atoms with E-state index in [0.29, 0.717) is 36.0 Å². The number of nitrogens with one attached hydrogen (secondary N) is 1. The van der Waals surface area contributed by atoms with Crippen LogP contribution in [0.15, 0.2) is 42.9 Å². The molecule has 0 spiro atoms. The Bertz CT molecular complexity index is 1100. The van der Waals surface area contributed by atoms with Crippen molar-refractivity contribution >= 4 is 11.6 Å². The van der Waals surface area contributed by atoms with Crippen molar-refractivity contribution in [2.24, 2.45) is 0 Å². The van der Waals surface area contributed by atoms with Gasteiger partial charge in [0.15, 0.2) is 0 Å². The van der Waals surface area contributed by atoms with E-state index in [1.165, 1.54) is 18.6 Å². The Kier molecular flexibility index (Phi) is 5.99. The van der Waals surface area contributed by atoms with E-state index in [1.807, 2.05) is 13.8 Å². The summed E-state index contributed by atoms with van der Waals surface area (Å²) >= 11 is 0. The van der Waals surface area contributed by atoms with Crippen LogP contribution in [0.25, 0.3) is 11.1 Å². The molecule has 1 fully saturated rings. The molecule has 3 heterocycles. The number of halogens is 2. The number of hydrogen-bond acceptors (Lipinski definition) is 5. The molecule has 0 radical (unpaired) electrons. The van der Waals surface area contributed by atoms with Crippen LogP contribution in [-0.2, 0) is 4.74 Å². The molecule has 1 aliphatic rings. The third kappa shape index (κ3) is 4.44. The number of rotatable bonds is 5. The third-order valence-electron chi connectivity index (χ3n) is 5.20. The molecule has 3 aromatic rings. The molecule has 1 atom stereocenters. The summed E-state index contributed by atoms with van der Waals surface area (Å²) < 4.78 is 33.9. The maximum Gasteiger partial charge on any atom is 0.258 e. The number of carbonyl (C=O) groups is 1. The molecule has 6 nitrogen and oxygen atoms in total. The number of benzene rings is 1. The first-order chi connectivity index (χ1) is 14.9. The molecule has 1 saturated heterocycles. The second-order valence-electron chi connectivity index (χ2n) is 7.74. The number of pyridine rings is 1. The Hall–Kier alpha value is -3.26. The first-order valence-corrected chi connectivity index (χ1v) is 10.1. The number of ether oxygens (including phenoxy) is 1. The number of anilines is 1. The summed E-state index contributed by atoms with van der Waals surface area (Å²) in [5, 5.41) is 2.84. The number of aromatic nitrogens is 3. The van der Waals surface area contributed by atoms with Gasteiger partial charge in [0.2, 0.25) is 0 Å². The molecule has 160 valence electrons. The number of hydrogen-bond donors (Lipinski definition) is 1. The number of carbonyl (C=O) groups excluding carboxylic acids is 1. The van der Waals surface area contributed by atoms with E-state index >= 15 is 0 Å². The lowest BCUT2D eigenvalue weighted by molar-refractivity contribution is 0.102. The summed E-state index contributed by atoms with van der Waals surface area (Å²) in [6.45, 7) is 4.93. The van der Waals surface area contributed by atoms with Gasteiger partial charge in [-0.15, -0.1) is 0 Å². The lowest BCUT2D eigenvalue weighted by Crippen LogP contribution is -2.17. The highest BCUT2D eigenvalue weighted by Gasteiger charge is 2.26. The monoisotopic (exact) mass is 424 g/mol. The Morgan fingerprint density at radius 1 is 1.13 bits per heavy atom. The van der Waals surface area contributed by atoms with Crippen molar-refractivity contribution in [3.8, 4) is 11.1 Å². The van der Waals surface area contributed by atoms with Crippen molar-refractivity contribution in [2.45, 2.75) is 32.1 Å². The van der Waals surface area contributed by atoms with E-state index < -0.39 is 17.5 Å². The second kappa shape index (κ2) is 8.85. The van der Waals surface area contributed by atoms with Crippen LogP contribution in [0.1, 0.15) is 54.0 Å². The molecule has 1 aromatic carbocycles.